The molecule has 0 unspecified atom stereocenters. The summed E-state index contributed by atoms with van der Waals surface area (Å²) in [6.07, 6.45) is 3.08. The van der Waals surface area contributed by atoms with Crippen molar-refractivity contribution < 1.29 is 9.53 Å². The van der Waals surface area contributed by atoms with Gasteiger partial charge in [0.15, 0.2) is 0 Å². The number of hydrogen-bond acceptors (Lipinski definition) is 4. The molecule has 1 aromatic heterocycles. The predicted molar refractivity (Wildman–Crippen MR) is 105 cm³/mol. The molecule has 0 bridgehead atoms. The Bertz CT molecular complexity index is 948. The Balaban J connectivity index is 1.77. The summed E-state index contributed by atoms with van der Waals surface area (Å²) in [5, 5.41) is 6.99. The molecule has 2 aromatic carbocycles. The van der Waals surface area contributed by atoms with Gasteiger partial charge < -0.3 is 15.4 Å². The van der Waals surface area contributed by atoms with Crippen LogP contribution < -0.4 is 15.4 Å². The third-order valence-electron chi connectivity index (χ3n) is 3.54. The number of carbonyl (C=O) groups excluding carboxylic acids is 1. The largest absolute Gasteiger partial charge is 0.497 e. The third-order valence-corrected chi connectivity index (χ3v) is 4.10. The lowest BCUT2D eigenvalue weighted by molar-refractivity contribution is 0.102. The minimum absolute atomic E-state index is 0.286. The molecule has 132 valence electrons. The van der Waals surface area contributed by atoms with Crippen LogP contribution in [0.4, 0.5) is 17.1 Å². The van der Waals surface area contributed by atoms with E-state index in [-0.39, 0.29) is 5.91 Å². The van der Waals surface area contributed by atoms with Crippen molar-refractivity contribution in [2.75, 3.05) is 17.7 Å². The zero-order valence-electron chi connectivity index (χ0n) is 13.8. The van der Waals surface area contributed by atoms with E-state index in [1.165, 1.54) is 6.20 Å². The fraction of sp³-hybridized carbons (Fsp3) is 0.0526. The van der Waals surface area contributed by atoms with Crippen molar-refractivity contribution >= 4 is 46.2 Å². The average Bonchev–Trinajstić information content (AvgIpc) is 2.65. The van der Waals surface area contributed by atoms with Crippen LogP contribution in [0, 0.1) is 0 Å². The molecule has 3 rings (SSSR count). The second-order valence-corrected chi connectivity index (χ2v) is 6.24. The Labute approximate surface area is 160 Å². The van der Waals surface area contributed by atoms with Crippen LogP contribution in [0.1, 0.15) is 10.4 Å². The molecule has 0 saturated heterocycles. The standard InChI is InChI=1S/C19H15Cl2N3O2/c1-26-16-4-2-3-14(9-16)24-19(25)12-7-15(11-22-10-12)23-18-8-13(20)5-6-17(18)21/h2-11,23H,1H3,(H,24,25). The van der Waals surface area contributed by atoms with Crippen molar-refractivity contribution in [1.29, 1.82) is 0 Å². The number of nitrogens with zero attached hydrogens (tertiary/aromatic N) is 1. The van der Waals surface area contributed by atoms with Gasteiger partial charge in [-0.2, -0.15) is 0 Å². The van der Waals surface area contributed by atoms with Crippen LogP contribution in [0.2, 0.25) is 10.0 Å². The fourth-order valence-electron chi connectivity index (χ4n) is 2.29. The molecule has 0 aliphatic heterocycles. The first-order valence-electron chi connectivity index (χ1n) is 7.67. The lowest BCUT2D eigenvalue weighted by Gasteiger charge is -2.10. The van der Waals surface area contributed by atoms with Crippen LogP contribution in [0.3, 0.4) is 0 Å². The highest BCUT2D eigenvalue weighted by molar-refractivity contribution is 6.35. The molecule has 2 N–H and O–H groups in total. The summed E-state index contributed by atoms with van der Waals surface area (Å²) >= 11 is 12.1. The lowest BCUT2D eigenvalue weighted by atomic mass is 10.2. The first kappa shape index (κ1) is 18.0. The Morgan fingerprint density at radius 3 is 2.69 bits per heavy atom. The molecule has 1 amide bonds. The molecule has 1 heterocycles. The molecular formula is C19H15Cl2N3O2. The number of amides is 1. The highest BCUT2D eigenvalue weighted by Crippen LogP contribution is 2.28. The number of aromatic nitrogens is 1. The van der Waals surface area contributed by atoms with Gasteiger partial charge in [0.25, 0.3) is 5.91 Å². The minimum Gasteiger partial charge on any atom is -0.497 e. The molecule has 0 radical (unpaired) electrons. The van der Waals surface area contributed by atoms with Crippen molar-refractivity contribution in [3.63, 3.8) is 0 Å². The Morgan fingerprint density at radius 2 is 1.88 bits per heavy atom. The van der Waals surface area contributed by atoms with E-state index >= 15 is 0 Å². The van der Waals surface area contributed by atoms with E-state index in [4.69, 9.17) is 27.9 Å². The number of anilines is 3. The number of hydrogen-bond donors (Lipinski definition) is 2. The third kappa shape index (κ3) is 4.45. The summed E-state index contributed by atoms with van der Waals surface area (Å²) in [5.74, 6) is 0.374. The number of benzene rings is 2. The van der Waals surface area contributed by atoms with Gasteiger partial charge in [-0.15, -0.1) is 0 Å². The van der Waals surface area contributed by atoms with Gasteiger partial charge in [0.05, 0.1) is 35.3 Å². The second kappa shape index (κ2) is 8.08. The topological polar surface area (TPSA) is 63.2 Å². The SMILES string of the molecule is COc1cccc(NC(=O)c2cncc(Nc3cc(Cl)ccc3Cl)c2)c1. The number of nitrogens with one attached hydrogen (secondary N) is 2. The molecule has 0 atom stereocenters. The van der Waals surface area contributed by atoms with Crippen molar-refractivity contribution in [3.8, 4) is 5.75 Å². The summed E-state index contributed by atoms with van der Waals surface area (Å²) in [7, 11) is 1.57. The second-order valence-electron chi connectivity index (χ2n) is 5.40. The number of pyridine rings is 1. The molecular weight excluding hydrogens is 373 g/mol. The minimum atomic E-state index is -0.286. The lowest BCUT2D eigenvalue weighted by Crippen LogP contribution is -2.12. The highest BCUT2D eigenvalue weighted by atomic mass is 35.5. The zero-order chi connectivity index (χ0) is 18.5. The van der Waals surface area contributed by atoms with Crippen LogP contribution in [-0.4, -0.2) is 18.0 Å². The van der Waals surface area contributed by atoms with Crippen molar-refractivity contribution in [3.05, 3.63) is 76.5 Å². The first-order valence-corrected chi connectivity index (χ1v) is 8.43. The van der Waals surface area contributed by atoms with Gasteiger partial charge in [-0.25, -0.2) is 0 Å². The van der Waals surface area contributed by atoms with E-state index in [0.717, 1.165) is 0 Å². The summed E-state index contributed by atoms with van der Waals surface area (Å²) < 4.78 is 5.15. The van der Waals surface area contributed by atoms with Crippen LogP contribution in [-0.2, 0) is 0 Å². The van der Waals surface area contributed by atoms with E-state index < -0.39 is 0 Å². The Hall–Kier alpha value is -2.76. The molecule has 26 heavy (non-hydrogen) atoms. The van der Waals surface area contributed by atoms with Gasteiger partial charge in [0.1, 0.15) is 5.75 Å². The summed E-state index contributed by atoms with van der Waals surface area (Å²) in [5.41, 5.74) is 2.28. The van der Waals surface area contributed by atoms with Crippen LogP contribution in [0.5, 0.6) is 5.75 Å². The molecule has 0 fully saturated rings. The maximum atomic E-state index is 12.5. The van der Waals surface area contributed by atoms with Crippen LogP contribution in [0.15, 0.2) is 60.9 Å². The molecule has 7 heteroatoms. The van der Waals surface area contributed by atoms with Gasteiger partial charge in [-0.3, -0.25) is 9.78 Å². The number of halogens is 2. The van der Waals surface area contributed by atoms with Gasteiger partial charge in [0, 0.05) is 23.0 Å². The smallest absolute Gasteiger partial charge is 0.257 e. The van der Waals surface area contributed by atoms with E-state index in [1.54, 1.807) is 61.8 Å². The number of rotatable bonds is 5. The molecule has 0 aliphatic carbocycles. The molecule has 0 aliphatic rings. The zero-order valence-corrected chi connectivity index (χ0v) is 15.3. The Morgan fingerprint density at radius 1 is 1.04 bits per heavy atom. The average molecular weight is 388 g/mol. The van der Waals surface area contributed by atoms with Crippen molar-refractivity contribution in [2.45, 2.75) is 0 Å². The summed E-state index contributed by atoms with van der Waals surface area (Å²) in [6.45, 7) is 0. The molecule has 5 nitrogen and oxygen atoms in total. The summed E-state index contributed by atoms with van der Waals surface area (Å²) in [4.78, 5) is 16.6. The maximum Gasteiger partial charge on any atom is 0.257 e. The van der Waals surface area contributed by atoms with E-state index in [2.05, 4.69) is 15.6 Å². The van der Waals surface area contributed by atoms with Crippen LogP contribution >= 0.6 is 23.2 Å². The van der Waals surface area contributed by atoms with Gasteiger partial charge >= 0.3 is 0 Å². The number of ether oxygens (including phenoxy) is 1. The normalized spacial score (nSPS) is 10.3. The molecule has 3 aromatic rings. The van der Waals surface area contributed by atoms with E-state index in [0.29, 0.717) is 38.4 Å². The first-order chi connectivity index (χ1) is 12.5. The van der Waals surface area contributed by atoms with E-state index in [9.17, 15) is 4.79 Å². The quantitative estimate of drug-likeness (QED) is 0.615. The van der Waals surface area contributed by atoms with Crippen molar-refractivity contribution in [1.82, 2.24) is 4.98 Å². The predicted octanol–water partition coefficient (Wildman–Crippen LogP) is 5.39. The summed E-state index contributed by atoms with van der Waals surface area (Å²) in [6, 6.07) is 13.9. The highest BCUT2D eigenvalue weighted by Gasteiger charge is 2.09. The van der Waals surface area contributed by atoms with Crippen LogP contribution in [0.25, 0.3) is 0 Å². The van der Waals surface area contributed by atoms with Gasteiger partial charge in [-0.05, 0) is 36.4 Å². The Kier molecular flexibility index (Phi) is 5.61. The van der Waals surface area contributed by atoms with E-state index in [1.807, 2.05) is 0 Å². The number of methoxy groups -OCH3 is 1. The van der Waals surface area contributed by atoms with Crippen molar-refractivity contribution in [2.24, 2.45) is 0 Å². The van der Waals surface area contributed by atoms with Gasteiger partial charge in [-0.1, -0.05) is 29.3 Å². The maximum absolute atomic E-state index is 12.5. The van der Waals surface area contributed by atoms with Gasteiger partial charge in [0.2, 0.25) is 0 Å². The molecule has 0 spiro atoms. The number of carbonyl (C=O) groups is 1. The molecule has 0 saturated carbocycles. The monoisotopic (exact) mass is 387 g/mol. The fourth-order valence-corrected chi connectivity index (χ4v) is 2.62.